The van der Waals surface area contributed by atoms with E-state index >= 15 is 0 Å². The largest absolute Gasteiger partial charge is 0.468 e. The van der Waals surface area contributed by atoms with Gasteiger partial charge in [0.15, 0.2) is 0 Å². The molecule has 0 amide bonds. The molecule has 1 heterocycles. The molecule has 6 rings (SSSR count). The Morgan fingerprint density at radius 2 is 1.70 bits per heavy atom. The fourth-order valence-electron chi connectivity index (χ4n) is 10.5. The molecular formula is C35H49ClO. The number of hydrogen-bond acceptors (Lipinski definition) is 1. The molecule has 0 bridgehead atoms. The van der Waals surface area contributed by atoms with Crippen LogP contribution in [0.25, 0.3) is 11.1 Å². The molecular weight excluding hydrogens is 472 g/mol. The summed E-state index contributed by atoms with van der Waals surface area (Å²) in [4.78, 5) is 0. The second-order valence-corrected chi connectivity index (χ2v) is 15.0. The first-order chi connectivity index (χ1) is 17.7. The first-order valence-corrected chi connectivity index (χ1v) is 15.9. The van der Waals surface area contributed by atoms with Crippen molar-refractivity contribution in [2.24, 2.45) is 52.3 Å². The van der Waals surface area contributed by atoms with E-state index in [4.69, 9.17) is 16.0 Å². The van der Waals surface area contributed by atoms with Gasteiger partial charge in [0.05, 0.1) is 6.26 Å². The quantitative estimate of drug-likeness (QED) is 0.369. The summed E-state index contributed by atoms with van der Waals surface area (Å²) in [6.07, 6.45) is 17.3. The van der Waals surface area contributed by atoms with Gasteiger partial charge in [-0.3, -0.25) is 0 Å². The summed E-state index contributed by atoms with van der Waals surface area (Å²) in [5.74, 6) is 7.43. The topological polar surface area (TPSA) is 13.1 Å². The van der Waals surface area contributed by atoms with Crippen LogP contribution in [-0.2, 0) is 12.8 Å². The molecule has 8 atom stereocenters. The molecule has 4 aliphatic carbocycles. The van der Waals surface area contributed by atoms with Crippen molar-refractivity contribution in [1.29, 1.82) is 0 Å². The van der Waals surface area contributed by atoms with Crippen LogP contribution in [0.5, 0.6) is 0 Å². The Bertz CT molecular complexity index is 1110. The maximum absolute atomic E-state index is 6.61. The number of hydrogen-bond donors (Lipinski definition) is 0. The van der Waals surface area contributed by atoms with Gasteiger partial charge in [0.25, 0.3) is 0 Å². The molecule has 1 aromatic heterocycles. The third-order valence-electron chi connectivity index (χ3n) is 12.4. The van der Waals surface area contributed by atoms with E-state index in [0.717, 1.165) is 58.4 Å². The van der Waals surface area contributed by atoms with Gasteiger partial charge in [0.1, 0.15) is 5.76 Å². The zero-order valence-corrected chi connectivity index (χ0v) is 24.7. The van der Waals surface area contributed by atoms with Crippen LogP contribution in [0, 0.1) is 52.3 Å². The molecule has 3 fully saturated rings. The Morgan fingerprint density at radius 1 is 0.919 bits per heavy atom. The summed E-state index contributed by atoms with van der Waals surface area (Å²) in [7, 11) is 0. The Hall–Kier alpha value is -1.21. The van der Waals surface area contributed by atoms with Crippen molar-refractivity contribution < 1.29 is 4.42 Å². The SMILES string of the molecule is CC(C)CCC[C@H](C)[C@@H]1CC[C@H]2[C@H]3CC[C@H]4Cc5c(-c6ccccc6Cl)coc5C[C@]4(C)[C@@H]3CC[C@@]21C. The van der Waals surface area contributed by atoms with Gasteiger partial charge >= 0.3 is 0 Å². The summed E-state index contributed by atoms with van der Waals surface area (Å²) in [6, 6.07) is 8.28. The standard InChI is InChI=1S/C35H49ClO/c1-22(2)9-8-10-23(3)29-15-16-30-26-14-13-24-19-27-28(25-11-6-7-12-32(25)36)21-37-33(27)20-35(24,5)31(26)17-18-34(29,30)4/h6-7,11-12,21-24,26,29-31H,8-10,13-20H2,1-5H3/t23-,24-,26+,29-,30-,31+,34+,35-/m0/s1. The fraction of sp³-hybridized carbons (Fsp3) is 0.714. The molecule has 0 saturated heterocycles. The molecule has 4 aliphatic rings. The summed E-state index contributed by atoms with van der Waals surface area (Å²) < 4.78 is 6.34. The van der Waals surface area contributed by atoms with Gasteiger partial charge in [0.2, 0.25) is 0 Å². The lowest BCUT2D eigenvalue weighted by atomic mass is 9.44. The Kier molecular flexibility index (Phi) is 6.87. The molecule has 0 aliphatic heterocycles. The Balaban J connectivity index is 1.22. The van der Waals surface area contributed by atoms with Crippen molar-refractivity contribution >= 4 is 11.6 Å². The normalized spacial score (nSPS) is 37.5. The molecule has 1 nitrogen and oxygen atoms in total. The number of furan rings is 1. The minimum atomic E-state index is 0.383. The van der Waals surface area contributed by atoms with Gasteiger partial charge in [-0.05, 0) is 103 Å². The van der Waals surface area contributed by atoms with E-state index in [-0.39, 0.29) is 0 Å². The van der Waals surface area contributed by atoms with Gasteiger partial charge in [0, 0.05) is 28.1 Å². The van der Waals surface area contributed by atoms with Gasteiger partial charge in [-0.25, -0.2) is 0 Å². The molecule has 202 valence electrons. The molecule has 2 heteroatoms. The lowest BCUT2D eigenvalue weighted by molar-refractivity contribution is -0.105. The molecule has 0 radical (unpaired) electrons. The highest BCUT2D eigenvalue weighted by atomic mass is 35.5. The van der Waals surface area contributed by atoms with Crippen molar-refractivity contribution in [2.75, 3.05) is 0 Å². The number of rotatable bonds is 6. The van der Waals surface area contributed by atoms with Gasteiger partial charge in [-0.15, -0.1) is 0 Å². The number of halogens is 1. The first-order valence-electron chi connectivity index (χ1n) is 15.6. The van der Waals surface area contributed by atoms with E-state index in [1.54, 1.807) is 0 Å². The van der Waals surface area contributed by atoms with E-state index in [2.05, 4.69) is 46.8 Å². The predicted octanol–water partition coefficient (Wildman–Crippen LogP) is 10.6. The maximum atomic E-state index is 6.61. The van der Waals surface area contributed by atoms with E-state index in [1.165, 1.54) is 81.1 Å². The average molecular weight is 521 g/mol. The average Bonchev–Trinajstić information content (AvgIpc) is 3.42. The Labute approximate surface area is 231 Å². The minimum absolute atomic E-state index is 0.383. The molecule has 3 saturated carbocycles. The van der Waals surface area contributed by atoms with Crippen LogP contribution in [0.1, 0.15) is 104 Å². The van der Waals surface area contributed by atoms with E-state index in [0.29, 0.717) is 10.8 Å². The van der Waals surface area contributed by atoms with Crippen molar-refractivity contribution in [3.8, 4) is 11.1 Å². The molecule has 0 spiro atoms. The number of benzene rings is 1. The van der Waals surface area contributed by atoms with Crippen LogP contribution in [0.15, 0.2) is 34.9 Å². The molecule has 0 unspecified atom stereocenters. The molecule has 37 heavy (non-hydrogen) atoms. The van der Waals surface area contributed by atoms with Crippen LogP contribution in [-0.4, -0.2) is 0 Å². The summed E-state index contributed by atoms with van der Waals surface area (Å²) >= 11 is 6.61. The third-order valence-corrected chi connectivity index (χ3v) is 12.7. The van der Waals surface area contributed by atoms with E-state index in [1.807, 2.05) is 18.4 Å². The van der Waals surface area contributed by atoms with Gasteiger partial charge in [-0.2, -0.15) is 0 Å². The lowest BCUT2D eigenvalue weighted by Gasteiger charge is -2.60. The zero-order valence-electron chi connectivity index (χ0n) is 24.0. The van der Waals surface area contributed by atoms with Crippen LogP contribution in [0.3, 0.4) is 0 Å². The minimum Gasteiger partial charge on any atom is -0.468 e. The fourth-order valence-corrected chi connectivity index (χ4v) is 10.7. The maximum Gasteiger partial charge on any atom is 0.108 e. The Morgan fingerprint density at radius 3 is 2.49 bits per heavy atom. The third kappa shape index (κ3) is 4.25. The molecule has 2 aromatic rings. The molecule has 1 aromatic carbocycles. The van der Waals surface area contributed by atoms with Crippen molar-refractivity contribution in [1.82, 2.24) is 0 Å². The number of fused-ring (bicyclic) bond motifs is 6. The highest BCUT2D eigenvalue weighted by Crippen LogP contribution is 2.68. The van der Waals surface area contributed by atoms with Crippen LogP contribution >= 0.6 is 11.6 Å². The van der Waals surface area contributed by atoms with Crippen molar-refractivity contribution in [3.63, 3.8) is 0 Å². The predicted molar refractivity (Wildman–Crippen MR) is 156 cm³/mol. The highest BCUT2D eigenvalue weighted by molar-refractivity contribution is 6.33. The zero-order chi connectivity index (χ0) is 25.9. The van der Waals surface area contributed by atoms with Crippen molar-refractivity contribution in [2.45, 2.75) is 105 Å². The first kappa shape index (κ1) is 26.0. The second-order valence-electron chi connectivity index (χ2n) is 14.6. The second kappa shape index (κ2) is 9.76. The molecule has 0 N–H and O–H groups in total. The monoisotopic (exact) mass is 520 g/mol. The van der Waals surface area contributed by atoms with E-state index < -0.39 is 0 Å². The van der Waals surface area contributed by atoms with Crippen molar-refractivity contribution in [3.05, 3.63) is 46.9 Å². The summed E-state index contributed by atoms with van der Waals surface area (Å²) in [5, 5.41) is 0.837. The summed E-state index contributed by atoms with van der Waals surface area (Å²) in [6.45, 7) is 12.7. The smallest absolute Gasteiger partial charge is 0.108 e. The van der Waals surface area contributed by atoms with Crippen LogP contribution < -0.4 is 0 Å². The van der Waals surface area contributed by atoms with Crippen LogP contribution in [0.4, 0.5) is 0 Å². The van der Waals surface area contributed by atoms with E-state index in [9.17, 15) is 0 Å². The highest BCUT2D eigenvalue weighted by Gasteiger charge is 2.60. The van der Waals surface area contributed by atoms with Gasteiger partial charge in [-0.1, -0.05) is 83.7 Å². The lowest BCUT2D eigenvalue weighted by Crippen LogP contribution is -2.54. The van der Waals surface area contributed by atoms with Gasteiger partial charge < -0.3 is 4.42 Å². The summed E-state index contributed by atoms with van der Waals surface area (Å²) in [5.41, 5.74) is 4.79. The van der Waals surface area contributed by atoms with Crippen LogP contribution in [0.2, 0.25) is 5.02 Å².